The Labute approximate surface area is 154 Å². The molecule has 0 aliphatic carbocycles. The summed E-state index contributed by atoms with van der Waals surface area (Å²) in [6.45, 7) is 4.61. The number of amides is 1. The normalized spacial score (nSPS) is 10.7. The first-order valence-corrected chi connectivity index (χ1v) is 8.61. The highest BCUT2D eigenvalue weighted by molar-refractivity contribution is 9.10. The zero-order valence-electron chi connectivity index (χ0n) is 12.7. The van der Waals surface area contributed by atoms with Gasteiger partial charge in [-0.3, -0.25) is 4.79 Å². The Morgan fingerprint density at radius 2 is 1.87 bits per heavy atom. The molecule has 0 aromatic heterocycles. The van der Waals surface area contributed by atoms with Gasteiger partial charge in [-0.2, -0.15) is 0 Å². The Balaban J connectivity index is 2.29. The fraction of sp³-hybridized carbons (Fsp3) is 0.235. The van der Waals surface area contributed by atoms with Crippen molar-refractivity contribution >= 4 is 50.7 Å². The number of halogens is 3. The van der Waals surface area contributed by atoms with Crippen LogP contribution in [0.25, 0.3) is 0 Å². The van der Waals surface area contributed by atoms with Crippen LogP contribution in [0.1, 0.15) is 24.2 Å². The zero-order chi connectivity index (χ0) is 17.0. The van der Waals surface area contributed by atoms with Gasteiger partial charge in [0, 0.05) is 4.47 Å². The van der Waals surface area contributed by atoms with Crippen molar-refractivity contribution in [2.24, 2.45) is 5.92 Å². The molecule has 0 heterocycles. The van der Waals surface area contributed by atoms with Crippen LogP contribution in [0, 0.1) is 5.92 Å². The third-order valence-corrected chi connectivity index (χ3v) is 4.08. The van der Waals surface area contributed by atoms with Gasteiger partial charge in [0.15, 0.2) is 0 Å². The number of hydrogen-bond donors (Lipinski definition) is 1. The molecule has 0 fully saturated rings. The minimum absolute atomic E-state index is 0.333. The predicted molar refractivity (Wildman–Crippen MR) is 98.9 cm³/mol. The van der Waals surface area contributed by atoms with Crippen LogP contribution < -0.4 is 10.1 Å². The molecule has 3 nitrogen and oxygen atoms in total. The third-order valence-electron chi connectivity index (χ3n) is 2.96. The van der Waals surface area contributed by atoms with Crippen LogP contribution in [0.5, 0.6) is 5.75 Å². The molecule has 0 aliphatic heterocycles. The van der Waals surface area contributed by atoms with Crippen molar-refractivity contribution in [1.82, 2.24) is 0 Å². The van der Waals surface area contributed by atoms with E-state index in [1.54, 1.807) is 30.3 Å². The second kappa shape index (κ2) is 8.04. The van der Waals surface area contributed by atoms with Crippen molar-refractivity contribution in [2.45, 2.75) is 13.8 Å². The summed E-state index contributed by atoms with van der Waals surface area (Å²) < 4.78 is 6.51. The maximum absolute atomic E-state index is 12.6. The number of benzene rings is 2. The van der Waals surface area contributed by atoms with Crippen LogP contribution in [0.15, 0.2) is 40.9 Å². The van der Waals surface area contributed by atoms with Crippen LogP contribution in [-0.4, -0.2) is 12.5 Å². The lowest BCUT2D eigenvalue weighted by molar-refractivity contribution is 0.102. The Hall–Kier alpha value is -1.23. The quantitative estimate of drug-likeness (QED) is 0.644. The van der Waals surface area contributed by atoms with E-state index >= 15 is 0 Å². The fourth-order valence-corrected chi connectivity index (χ4v) is 2.71. The first-order valence-electron chi connectivity index (χ1n) is 7.06. The lowest BCUT2D eigenvalue weighted by Gasteiger charge is -2.14. The SMILES string of the molecule is CC(C)COc1ccc(Br)cc1C(=O)Nc1c(Cl)cccc1Cl. The topological polar surface area (TPSA) is 38.3 Å². The average Bonchev–Trinajstić information content (AvgIpc) is 2.49. The summed E-state index contributed by atoms with van der Waals surface area (Å²) in [4.78, 5) is 12.6. The first-order chi connectivity index (χ1) is 10.9. The second-order valence-corrected chi connectivity index (χ2v) is 7.13. The third kappa shape index (κ3) is 4.87. The molecule has 0 unspecified atom stereocenters. The number of rotatable bonds is 5. The number of carbonyl (C=O) groups is 1. The molecule has 0 bridgehead atoms. The molecule has 1 amide bonds. The lowest BCUT2D eigenvalue weighted by Crippen LogP contribution is -2.15. The van der Waals surface area contributed by atoms with Gasteiger partial charge in [0.2, 0.25) is 0 Å². The van der Waals surface area contributed by atoms with E-state index in [2.05, 4.69) is 21.2 Å². The lowest BCUT2D eigenvalue weighted by atomic mass is 10.1. The van der Waals surface area contributed by atoms with Crippen molar-refractivity contribution in [1.29, 1.82) is 0 Å². The van der Waals surface area contributed by atoms with Crippen LogP contribution in [0.2, 0.25) is 10.0 Å². The smallest absolute Gasteiger partial charge is 0.259 e. The minimum atomic E-state index is -0.333. The molecule has 0 radical (unpaired) electrons. The summed E-state index contributed by atoms with van der Waals surface area (Å²) in [5.74, 6) is 0.537. The molecule has 0 spiro atoms. The van der Waals surface area contributed by atoms with E-state index in [9.17, 15) is 4.79 Å². The molecule has 2 rings (SSSR count). The minimum Gasteiger partial charge on any atom is -0.492 e. The van der Waals surface area contributed by atoms with Crippen LogP contribution in [-0.2, 0) is 0 Å². The highest BCUT2D eigenvalue weighted by Crippen LogP contribution is 2.31. The standard InChI is InChI=1S/C17H16BrCl2NO2/c1-10(2)9-23-15-7-6-11(18)8-12(15)17(22)21-16-13(19)4-3-5-14(16)20/h3-8,10H,9H2,1-2H3,(H,21,22). The molecule has 0 saturated heterocycles. The largest absolute Gasteiger partial charge is 0.492 e. The number of ether oxygens (including phenoxy) is 1. The van der Waals surface area contributed by atoms with E-state index in [1.807, 2.05) is 19.9 Å². The average molecular weight is 417 g/mol. The van der Waals surface area contributed by atoms with E-state index in [0.717, 1.165) is 4.47 Å². The van der Waals surface area contributed by atoms with Gasteiger partial charge in [0.25, 0.3) is 5.91 Å². The van der Waals surface area contributed by atoms with Gasteiger partial charge >= 0.3 is 0 Å². The van der Waals surface area contributed by atoms with Gasteiger partial charge < -0.3 is 10.1 Å². The van der Waals surface area contributed by atoms with Gasteiger partial charge in [0.05, 0.1) is 27.9 Å². The van der Waals surface area contributed by atoms with E-state index in [0.29, 0.717) is 39.6 Å². The van der Waals surface area contributed by atoms with Gasteiger partial charge in [-0.1, -0.05) is 59.0 Å². The monoisotopic (exact) mass is 415 g/mol. The van der Waals surface area contributed by atoms with Crippen LogP contribution >= 0.6 is 39.1 Å². The van der Waals surface area contributed by atoms with E-state index in [1.165, 1.54) is 0 Å². The summed E-state index contributed by atoms with van der Waals surface area (Å²) in [5.41, 5.74) is 0.798. The first kappa shape index (κ1) is 18.1. The highest BCUT2D eigenvalue weighted by Gasteiger charge is 2.16. The maximum Gasteiger partial charge on any atom is 0.259 e. The Morgan fingerprint density at radius 3 is 2.48 bits per heavy atom. The summed E-state index contributed by atoms with van der Waals surface area (Å²) in [7, 11) is 0. The van der Waals surface area contributed by atoms with Gasteiger partial charge in [-0.25, -0.2) is 0 Å². The molecular formula is C17H16BrCl2NO2. The van der Waals surface area contributed by atoms with E-state index in [4.69, 9.17) is 27.9 Å². The van der Waals surface area contributed by atoms with Crippen molar-refractivity contribution in [2.75, 3.05) is 11.9 Å². The summed E-state index contributed by atoms with van der Waals surface area (Å²) in [5, 5.41) is 3.51. The highest BCUT2D eigenvalue weighted by atomic mass is 79.9. The molecule has 6 heteroatoms. The van der Waals surface area contributed by atoms with E-state index < -0.39 is 0 Å². The fourth-order valence-electron chi connectivity index (χ4n) is 1.86. The molecular weight excluding hydrogens is 401 g/mol. The second-order valence-electron chi connectivity index (χ2n) is 5.40. The number of para-hydroxylation sites is 1. The van der Waals surface area contributed by atoms with Gasteiger partial charge in [-0.05, 0) is 36.2 Å². The molecule has 0 aliphatic rings. The molecule has 2 aromatic rings. The summed E-state index contributed by atoms with van der Waals surface area (Å²) >= 11 is 15.6. The zero-order valence-corrected chi connectivity index (χ0v) is 15.8. The molecule has 2 aromatic carbocycles. The molecule has 0 saturated carbocycles. The van der Waals surface area contributed by atoms with Gasteiger partial charge in [-0.15, -0.1) is 0 Å². The number of hydrogen-bond acceptors (Lipinski definition) is 2. The number of anilines is 1. The molecule has 0 atom stereocenters. The Kier molecular flexibility index (Phi) is 6.33. The molecule has 1 N–H and O–H groups in total. The summed E-state index contributed by atoms with van der Waals surface area (Å²) in [6.07, 6.45) is 0. The van der Waals surface area contributed by atoms with Gasteiger partial charge in [0.1, 0.15) is 5.75 Å². The summed E-state index contributed by atoms with van der Waals surface area (Å²) in [6, 6.07) is 10.3. The number of nitrogens with one attached hydrogen (secondary N) is 1. The number of carbonyl (C=O) groups excluding carboxylic acids is 1. The van der Waals surface area contributed by atoms with Crippen molar-refractivity contribution in [3.63, 3.8) is 0 Å². The van der Waals surface area contributed by atoms with Crippen molar-refractivity contribution in [3.8, 4) is 5.75 Å². The molecule has 122 valence electrons. The van der Waals surface area contributed by atoms with Crippen LogP contribution in [0.3, 0.4) is 0 Å². The van der Waals surface area contributed by atoms with E-state index in [-0.39, 0.29) is 5.91 Å². The Bertz CT molecular complexity index is 699. The van der Waals surface area contributed by atoms with Crippen molar-refractivity contribution < 1.29 is 9.53 Å². The molecule has 23 heavy (non-hydrogen) atoms. The Morgan fingerprint density at radius 1 is 1.22 bits per heavy atom. The van der Waals surface area contributed by atoms with Crippen LogP contribution in [0.4, 0.5) is 5.69 Å². The van der Waals surface area contributed by atoms with Crippen molar-refractivity contribution in [3.05, 3.63) is 56.5 Å². The maximum atomic E-state index is 12.6. The predicted octanol–water partition coefficient (Wildman–Crippen LogP) is 6.04.